The van der Waals surface area contributed by atoms with Crippen molar-refractivity contribution in [3.05, 3.63) is 89.7 Å². The number of imide groups is 1. The number of rotatable bonds is 6. The smallest absolute Gasteiger partial charge is 0.279 e. The van der Waals surface area contributed by atoms with Crippen LogP contribution in [0.25, 0.3) is 0 Å². The van der Waals surface area contributed by atoms with E-state index in [9.17, 15) is 19.2 Å². The molecule has 0 radical (unpaired) electrons. The van der Waals surface area contributed by atoms with Crippen LogP contribution in [0.2, 0.25) is 5.02 Å². The van der Waals surface area contributed by atoms with Crippen LogP contribution in [0.4, 0.5) is 5.69 Å². The zero-order valence-electron chi connectivity index (χ0n) is 17.8. The van der Waals surface area contributed by atoms with E-state index in [4.69, 9.17) is 16.3 Å². The van der Waals surface area contributed by atoms with Crippen molar-refractivity contribution in [2.45, 2.75) is 12.5 Å². The lowest BCUT2D eigenvalue weighted by atomic mass is 10.2. The summed E-state index contributed by atoms with van der Waals surface area (Å²) in [5.41, 5.74) is 3.06. The quantitative estimate of drug-likeness (QED) is 0.431. The molecule has 2 heterocycles. The molecule has 9 nitrogen and oxygen atoms in total. The molecular weight excluding hydrogens is 460 g/mol. The summed E-state index contributed by atoms with van der Waals surface area (Å²) in [7, 11) is 0. The summed E-state index contributed by atoms with van der Waals surface area (Å²) >= 11 is 5.86. The van der Waals surface area contributed by atoms with Crippen molar-refractivity contribution in [1.29, 1.82) is 0 Å². The molecule has 4 rings (SSSR count). The summed E-state index contributed by atoms with van der Waals surface area (Å²) in [6.45, 7) is -0.485. The first kappa shape index (κ1) is 22.9. The number of carbonyl (C=O) groups is 4. The number of amides is 4. The summed E-state index contributed by atoms with van der Waals surface area (Å²) in [6.07, 6.45) is 2.55. The monoisotopic (exact) mass is 478 g/mol. The minimum atomic E-state index is -1.24. The molecule has 1 fully saturated rings. The molecule has 4 amide bonds. The number of hydrogen-bond acceptors (Lipinski definition) is 6. The molecule has 3 aromatic rings. The second kappa shape index (κ2) is 10.1. The Hall–Kier alpha value is -4.24. The summed E-state index contributed by atoms with van der Waals surface area (Å²) < 4.78 is 5.50. The number of carbonyl (C=O) groups excluding carboxylic acids is 4. The van der Waals surface area contributed by atoms with Crippen LogP contribution in [0.5, 0.6) is 5.75 Å². The molecule has 1 unspecified atom stereocenters. The van der Waals surface area contributed by atoms with Crippen molar-refractivity contribution in [1.82, 2.24) is 15.4 Å². The summed E-state index contributed by atoms with van der Waals surface area (Å²) in [5.74, 6) is -2.10. The van der Waals surface area contributed by atoms with Gasteiger partial charge < -0.3 is 4.74 Å². The second-order valence-corrected chi connectivity index (χ2v) is 7.74. The van der Waals surface area contributed by atoms with Crippen LogP contribution in [-0.4, -0.2) is 46.3 Å². The van der Waals surface area contributed by atoms with Crippen LogP contribution in [0.3, 0.4) is 0 Å². The van der Waals surface area contributed by atoms with Gasteiger partial charge in [0.2, 0.25) is 5.91 Å². The maximum atomic E-state index is 13.2. The van der Waals surface area contributed by atoms with Gasteiger partial charge in [0.25, 0.3) is 17.7 Å². The zero-order chi connectivity index (χ0) is 24.1. The molecule has 1 atom stereocenters. The maximum absolute atomic E-state index is 13.2. The molecule has 1 aliphatic rings. The number of pyridine rings is 1. The predicted octanol–water partition coefficient (Wildman–Crippen LogP) is 2.62. The number of aromatic nitrogens is 1. The van der Waals surface area contributed by atoms with Crippen molar-refractivity contribution in [3.63, 3.8) is 0 Å². The zero-order valence-corrected chi connectivity index (χ0v) is 18.5. The number of para-hydroxylation sites is 1. The first-order chi connectivity index (χ1) is 16.4. The fourth-order valence-electron chi connectivity index (χ4n) is 3.40. The highest BCUT2D eigenvalue weighted by Crippen LogP contribution is 2.25. The number of benzene rings is 2. The van der Waals surface area contributed by atoms with E-state index < -0.39 is 36.3 Å². The van der Waals surface area contributed by atoms with Gasteiger partial charge in [-0.05, 0) is 48.5 Å². The van der Waals surface area contributed by atoms with Gasteiger partial charge in [0.15, 0.2) is 6.61 Å². The van der Waals surface area contributed by atoms with Gasteiger partial charge in [-0.2, -0.15) is 0 Å². The number of nitrogens with zero attached hydrogens (tertiary/aromatic N) is 3. The van der Waals surface area contributed by atoms with E-state index >= 15 is 0 Å². The first-order valence-electron chi connectivity index (χ1n) is 10.3. The lowest BCUT2D eigenvalue weighted by Gasteiger charge is -2.27. The molecule has 0 spiro atoms. The van der Waals surface area contributed by atoms with Crippen molar-refractivity contribution in [3.8, 4) is 5.75 Å². The Morgan fingerprint density at radius 2 is 1.71 bits per heavy atom. The Balaban J connectivity index is 1.57. The number of hydrazine groups is 1. The minimum absolute atomic E-state index is 0.225. The average molecular weight is 479 g/mol. The topological polar surface area (TPSA) is 109 Å². The van der Waals surface area contributed by atoms with Gasteiger partial charge in [-0.3, -0.25) is 29.6 Å². The molecule has 1 aromatic heterocycles. The lowest BCUT2D eigenvalue weighted by Crippen LogP contribution is -2.56. The molecule has 1 N–H and O–H groups in total. The lowest BCUT2D eigenvalue weighted by molar-refractivity contribution is -0.142. The largest absolute Gasteiger partial charge is 0.484 e. The molecule has 0 aliphatic carbocycles. The van der Waals surface area contributed by atoms with E-state index in [1.165, 1.54) is 24.5 Å². The van der Waals surface area contributed by atoms with E-state index in [2.05, 4.69) is 10.4 Å². The van der Waals surface area contributed by atoms with E-state index in [1.54, 1.807) is 54.6 Å². The highest BCUT2D eigenvalue weighted by Gasteiger charge is 2.45. The Labute approximate surface area is 199 Å². The van der Waals surface area contributed by atoms with Crippen LogP contribution >= 0.6 is 11.6 Å². The average Bonchev–Trinajstić information content (AvgIpc) is 3.16. The third-order valence-electron chi connectivity index (χ3n) is 5.06. The molecule has 1 saturated heterocycles. The molecule has 0 bridgehead atoms. The standard InChI is InChI=1S/C24H19ClN4O5/c25-17-6-8-19(9-7-17)34-15-22(31)29(27-23(32)16-10-12-26-13-11-16)20-14-21(30)28(24(20)33)18-4-2-1-3-5-18/h1-13,20H,14-15H2,(H,27,32). The maximum Gasteiger partial charge on any atom is 0.279 e. The Bertz CT molecular complexity index is 1210. The van der Waals surface area contributed by atoms with Crippen molar-refractivity contribution in [2.24, 2.45) is 0 Å². The van der Waals surface area contributed by atoms with Crippen LogP contribution in [0, 0.1) is 0 Å². The highest BCUT2D eigenvalue weighted by atomic mass is 35.5. The van der Waals surface area contributed by atoms with E-state index in [0.717, 1.165) is 9.91 Å². The highest BCUT2D eigenvalue weighted by molar-refractivity contribution is 6.30. The second-order valence-electron chi connectivity index (χ2n) is 7.31. The molecule has 0 saturated carbocycles. The van der Waals surface area contributed by atoms with Gasteiger partial charge in [0.1, 0.15) is 11.8 Å². The molecule has 172 valence electrons. The fourth-order valence-corrected chi connectivity index (χ4v) is 3.53. The number of halogens is 1. The summed E-state index contributed by atoms with van der Waals surface area (Å²) in [4.78, 5) is 56.6. The summed E-state index contributed by atoms with van der Waals surface area (Å²) in [5, 5.41) is 1.36. The van der Waals surface area contributed by atoms with Crippen molar-refractivity contribution >= 4 is 40.9 Å². The van der Waals surface area contributed by atoms with E-state index in [0.29, 0.717) is 16.5 Å². The minimum Gasteiger partial charge on any atom is -0.484 e. The number of nitrogens with one attached hydrogen (secondary N) is 1. The number of anilines is 1. The van der Waals surface area contributed by atoms with Gasteiger partial charge in [-0.25, -0.2) is 9.91 Å². The van der Waals surface area contributed by atoms with Crippen molar-refractivity contribution < 1.29 is 23.9 Å². The van der Waals surface area contributed by atoms with Gasteiger partial charge in [-0.1, -0.05) is 29.8 Å². The first-order valence-corrected chi connectivity index (χ1v) is 10.6. The van der Waals surface area contributed by atoms with Crippen LogP contribution < -0.4 is 15.1 Å². The van der Waals surface area contributed by atoms with Crippen LogP contribution in [0.15, 0.2) is 79.1 Å². The summed E-state index contributed by atoms with van der Waals surface area (Å²) in [6, 6.07) is 16.4. The predicted molar refractivity (Wildman–Crippen MR) is 123 cm³/mol. The third-order valence-corrected chi connectivity index (χ3v) is 5.31. The molecule has 1 aliphatic heterocycles. The molecule has 34 heavy (non-hydrogen) atoms. The Morgan fingerprint density at radius 3 is 2.38 bits per heavy atom. The van der Waals surface area contributed by atoms with Crippen molar-refractivity contribution in [2.75, 3.05) is 11.5 Å². The Kier molecular flexibility index (Phi) is 6.84. The van der Waals surface area contributed by atoms with E-state index in [1.807, 2.05) is 0 Å². The fraction of sp³-hybridized carbons (Fsp3) is 0.125. The molecule has 10 heteroatoms. The van der Waals surface area contributed by atoms with Crippen LogP contribution in [0.1, 0.15) is 16.8 Å². The molecule has 2 aromatic carbocycles. The van der Waals surface area contributed by atoms with Gasteiger partial charge in [-0.15, -0.1) is 0 Å². The van der Waals surface area contributed by atoms with Gasteiger partial charge >= 0.3 is 0 Å². The van der Waals surface area contributed by atoms with Crippen LogP contribution in [-0.2, 0) is 14.4 Å². The number of hydrogen-bond donors (Lipinski definition) is 1. The molecular formula is C24H19ClN4O5. The number of ether oxygens (including phenoxy) is 1. The Morgan fingerprint density at radius 1 is 1.03 bits per heavy atom. The van der Waals surface area contributed by atoms with E-state index in [-0.39, 0.29) is 12.0 Å². The van der Waals surface area contributed by atoms with Gasteiger partial charge in [0, 0.05) is 23.0 Å². The third kappa shape index (κ3) is 5.05. The normalized spacial score (nSPS) is 15.2. The van der Waals surface area contributed by atoms with Gasteiger partial charge in [0.05, 0.1) is 12.1 Å². The SMILES string of the molecule is O=C(NN(C(=O)COc1ccc(Cl)cc1)C1CC(=O)N(c2ccccc2)C1=O)c1ccncc1.